The Morgan fingerprint density at radius 3 is 2.44 bits per heavy atom. The van der Waals surface area contributed by atoms with Crippen LogP contribution >= 0.6 is 11.6 Å². The molecule has 138 valence electrons. The summed E-state index contributed by atoms with van der Waals surface area (Å²) in [7, 11) is 0. The van der Waals surface area contributed by atoms with Gasteiger partial charge in [0.2, 0.25) is 0 Å². The van der Waals surface area contributed by atoms with Crippen LogP contribution in [0.25, 0.3) is 0 Å². The highest BCUT2D eigenvalue weighted by Crippen LogP contribution is 2.29. The van der Waals surface area contributed by atoms with Crippen molar-refractivity contribution >= 4 is 29.0 Å². The number of aryl methyl sites for hydroxylation is 2. The Morgan fingerprint density at radius 2 is 1.81 bits per heavy atom. The lowest BCUT2D eigenvalue weighted by atomic mass is 10.1. The molecule has 0 fully saturated rings. The molecule has 0 aliphatic rings. The number of aromatic nitrogens is 2. The van der Waals surface area contributed by atoms with Crippen molar-refractivity contribution in [3.63, 3.8) is 0 Å². The normalized spacial score (nSPS) is 11.7. The average molecular weight is 381 g/mol. The van der Waals surface area contributed by atoms with Gasteiger partial charge in [0.15, 0.2) is 0 Å². The van der Waals surface area contributed by atoms with Crippen molar-refractivity contribution in [3.05, 3.63) is 82.3 Å². The molecule has 3 rings (SSSR count). The molecule has 2 N–H and O–H groups in total. The van der Waals surface area contributed by atoms with Gasteiger partial charge in [0.1, 0.15) is 11.5 Å². The van der Waals surface area contributed by atoms with Crippen LogP contribution in [0.5, 0.6) is 0 Å². The van der Waals surface area contributed by atoms with Crippen LogP contribution in [0.15, 0.2) is 54.9 Å². The lowest BCUT2D eigenvalue weighted by Crippen LogP contribution is -2.27. The van der Waals surface area contributed by atoms with E-state index in [2.05, 4.69) is 20.6 Å². The fourth-order valence-corrected chi connectivity index (χ4v) is 3.18. The third-order valence-electron chi connectivity index (χ3n) is 4.22. The first-order valence-corrected chi connectivity index (χ1v) is 9.03. The Labute approximate surface area is 163 Å². The van der Waals surface area contributed by atoms with Gasteiger partial charge >= 0.3 is 0 Å². The number of nitrogens with one attached hydrogen (secondary N) is 2. The molecule has 3 aromatic rings. The monoisotopic (exact) mass is 380 g/mol. The minimum absolute atomic E-state index is 0.118. The first-order valence-electron chi connectivity index (χ1n) is 8.65. The minimum Gasteiger partial charge on any atom is -0.344 e. The summed E-state index contributed by atoms with van der Waals surface area (Å²) in [6.45, 7) is 5.90. The number of nitrogens with zero attached hydrogens (tertiary/aromatic N) is 2. The van der Waals surface area contributed by atoms with Crippen LogP contribution in [0.2, 0.25) is 5.02 Å². The molecule has 1 heterocycles. The van der Waals surface area contributed by atoms with E-state index in [9.17, 15) is 4.79 Å². The summed E-state index contributed by atoms with van der Waals surface area (Å²) in [5.74, 6) is 0.256. The van der Waals surface area contributed by atoms with Crippen LogP contribution in [0.1, 0.15) is 40.1 Å². The number of halogens is 1. The van der Waals surface area contributed by atoms with Crippen molar-refractivity contribution < 1.29 is 4.79 Å². The minimum atomic E-state index is -0.269. The molecule has 2 aromatic carbocycles. The Bertz CT molecular complexity index is 919. The summed E-state index contributed by atoms with van der Waals surface area (Å²) in [6, 6.07) is 13.6. The van der Waals surface area contributed by atoms with E-state index >= 15 is 0 Å². The van der Waals surface area contributed by atoms with Gasteiger partial charge in [-0.3, -0.25) is 4.79 Å². The highest BCUT2D eigenvalue weighted by Gasteiger charge is 2.13. The van der Waals surface area contributed by atoms with Crippen molar-refractivity contribution in [2.24, 2.45) is 0 Å². The van der Waals surface area contributed by atoms with Crippen molar-refractivity contribution in [2.75, 3.05) is 5.32 Å². The molecule has 1 amide bonds. The average Bonchev–Trinajstić information content (AvgIpc) is 2.65. The molecular formula is C21H21ClN4O. The summed E-state index contributed by atoms with van der Waals surface area (Å²) in [6.07, 6.45) is 2.98. The maximum absolute atomic E-state index is 12.4. The van der Waals surface area contributed by atoms with Crippen LogP contribution in [0, 0.1) is 13.8 Å². The van der Waals surface area contributed by atoms with Crippen LogP contribution in [-0.2, 0) is 0 Å². The third-order valence-corrected chi connectivity index (χ3v) is 4.51. The Kier molecular flexibility index (Phi) is 5.72. The molecular weight excluding hydrogens is 360 g/mol. The summed E-state index contributed by atoms with van der Waals surface area (Å²) >= 11 is 6.31. The molecule has 0 bridgehead atoms. The lowest BCUT2D eigenvalue weighted by Gasteiger charge is -2.14. The maximum atomic E-state index is 12.4. The van der Waals surface area contributed by atoms with Gasteiger partial charge in [0, 0.05) is 0 Å². The molecule has 0 aliphatic heterocycles. The Hall–Kier alpha value is -2.92. The van der Waals surface area contributed by atoms with E-state index in [1.807, 2.05) is 63.2 Å². The summed E-state index contributed by atoms with van der Waals surface area (Å²) in [4.78, 5) is 20.9. The number of hydrogen-bond donors (Lipinski definition) is 2. The van der Waals surface area contributed by atoms with Crippen LogP contribution in [0.3, 0.4) is 0 Å². The molecule has 0 radical (unpaired) electrons. The summed E-state index contributed by atoms with van der Waals surface area (Å²) in [5, 5.41) is 6.70. The van der Waals surface area contributed by atoms with Gasteiger partial charge in [-0.2, -0.15) is 0 Å². The summed E-state index contributed by atoms with van der Waals surface area (Å²) in [5.41, 5.74) is 4.18. The third kappa shape index (κ3) is 4.63. The molecule has 0 spiro atoms. The summed E-state index contributed by atoms with van der Waals surface area (Å²) < 4.78 is 0. The molecule has 27 heavy (non-hydrogen) atoms. The zero-order valence-corrected chi connectivity index (χ0v) is 16.2. The van der Waals surface area contributed by atoms with E-state index in [0.29, 0.717) is 10.8 Å². The molecule has 1 atom stereocenters. The number of carbonyl (C=O) groups is 1. The van der Waals surface area contributed by atoms with Gasteiger partial charge in [-0.05, 0) is 43.5 Å². The van der Waals surface area contributed by atoms with E-state index in [4.69, 9.17) is 11.6 Å². The number of hydrogen-bond acceptors (Lipinski definition) is 4. The van der Waals surface area contributed by atoms with Crippen molar-refractivity contribution in [3.8, 4) is 0 Å². The highest BCUT2D eigenvalue weighted by atomic mass is 35.5. The Balaban J connectivity index is 1.69. The lowest BCUT2D eigenvalue weighted by molar-refractivity contribution is 0.0934. The number of benzene rings is 2. The molecule has 0 aliphatic carbocycles. The number of amides is 1. The van der Waals surface area contributed by atoms with E-state index in [1.54, 1.807) is 0 Å². The van der Waals surface area contributed by atoms with Crippen LogP contribution in [-0.4, -0.2) is 15.9 Å². The largest absolute Gasteiger partial charge is 0.344 e. The second-order valence-electron chi connectivity index (χ2n) is 6.46. The number of rotatable bonds is 5. The SMILES string of the molecule is Cc1cc(C)c(Nc2cnc(C(=O)NC(C)c3ccccc3)cn2)c(Cl)c1. The van der Waals surface area contributed by atoms with Crippen molar-refractivity contribution in [1.29, 1.82) is 0 Å². The topological polar surface area (TPSA) is 66.9 Å². The molecule has 1 aromatic heterocycles. The molecule has 6 heteroatoms. The van der Waals surface area contributed by atoms with Gasteiger partial charge in [-0.1, -0.05) is 48.0 Å². The quantitative estimate of drug-likeness (QED) is 0.655. The number of anilines is 2. The van der Waals surface area contributed by atoms with E-state index in [1.165, 1.54) is 12.4 Å². The molecule has 5 nitrogen and oxygen atoms in total. The first kappa shape index (κ1) is 18.9. The maximum Gasteiger partial charge on any atom is 0.271 e. The van der Waals surface area contributed by atoms with Crippen LogP contribution in [0.4, 0.5) is 11.5 Å². The van der Waals surface area contributed by atoms with Crippen molar-refractivity contribution in [2.45, 2.75) is 26.8 Å². The smallest absolute Gasteiger partial charge is 0.271 e. The second-order valence-corrected chi connectivity index (χ2v) is 6.86. The molecule has 0 saturated heterocycles. The molecule has 1 unspecified atom stereocenters. The van der Waals surface area contributed by atoms with E-state index in [-0.39, 0.29) is 17.6 Å². The van der Waals surface area contributed by atoms with Gasteiger partial charge in [0.05, 0.1) is 29.1 Å². The fraction of sp³-hybridized carbons (Fsp3) is 0.190. The van der Waals surface area contributed by atoms with Gasteiger partial charge in [0.25, 0.3) is 5.91 Å². The fourth-order valence-electron chi connectivity index (χ4n) is 2.81. The van der Waals surface area contributed by atoms with Crippen LogP contribution < -0.4 is 10.6 Å². The number of carbonyl (C=O) groups excluding carboxylic acids is 1. The van der Waals surface area contributed by atoms with Gasteiger partial charge < -0.3 is 10.6 Å². The standard InChI is InChI=1S/C21H21ClN4O/c1-13-9-14(2)20(17(22)10-13)26-19-12-23-18(11-24-19)21(27)25-15(3)16-7-5-4-6-8-16/h4-12,15H,1-3H3,(H,24,26)(H,25,27). The predicted molar refractivity (Wildman–Crippen MR) is 109 cm³/mol. The zero-order chi connectivity index (χ0) is 19.4. The predicted octanol–water partition coefficient (Wildman–Crippen LogP) is 4.98. The Morgan fingerprint density at radius 1 is 1.07 bits per heavy atom. The first-order chi connectivity index (χ1) is 12.9. The highest BCUT2D eigenvalue weighted by molar-refractivity contribution is 6.33. The molecule has 0 saturated carbocycles. The van der Waals surface area contributed by atoms with Gasteiger partial charge in [-0.15, -0.1) is 0 Å². The van der Waals surface area contributed by atoms with E-state index in [0.717, 1.165) is 22.4 Å². The van der Waals surface area contributed by atoms with Gasteiger partial charge in [-0.25, -0.2) is 9.97 Å². The van der Waals surface area contributed by atoms with E-state index < -0.39 is 0 Å². The van der Waals surface area contributed by atoms with Crippen molar-refractivity contribution in [1.82, 2.24) is 15.3 Å². The second kappa shape index (κ2) is 8.18. The zero-order valence-electron chi connectivity index (χ0n) is 15.5.